The smallest absolute Gasteiger partial charge is 0.167 e. The number of allylic oxidation sites excluding steroid dienone is 1. The van der Waals surface area contributed by atoms with E-state index in [4.69, 9.17) is 0 Å². The molecule has 0 amide bonds. The van der Waals surface area contributed by atoms with E-state index in [9.17, 15) is 9.59 Å². The van der Waals surface area contributed by atoms with Crippen LogP contribution < -0.4 is 0 Å². The lowest BCUT2D eigenvalue weighted by molar-refractivity contribution is -0.120. The third-order valence-corrected chi connectivity index (χ3v) is 1.82. The number of nitrogens with zero attached hydrogens (tertiary/aromatic N) is 1. The second kappa shape index (κ2) is 6.35. The average molecular weight is 197 g/mol. The first-order chi connectivity index (χ1) is 6.49. The van der Waals surface area contributed by atoms with Crippen LogP contribution in [0.25, 0.3) is 0 Å². The van der Waals surface area contributed by atoms with Crippen LogP contribution in [0.5, 0.6) is 0 Å². The quantitative estimate of drug-likeness (QED) is 0.370. The molecule has 0 saturated carbocycles. The summed E-state index contributed by atoms with van der Waals surface area (Å²) in [6, 6.07) is 0. The fourth-order valence-electron chi connectivity index (χ4n) is 1.09. The number of carbonyl (C=O) groups is 2. The van der Waals surface area contributed by atoms with Gasteiger partial charge in [-0.1, -0.05) is 13.3 Å². The normalized spacial score (nSPS) is 11.3. The van der Waals surface area contributed by atoms with Crippen LogP contribution in [0.2, 0.25) is 0 Å². The van der Waals surface area contributed by atoms with Gasteiger partial charge < -0.3 is 4.90 Å². The molecule has 0 unspecified atom stereocenters. The van der Waals surface area contributed by atoms with Crippen molar-refractivity contribution in [2.45, 2.75) is 33.1 Å². The van der Waals surface area contributed by atoms with Gasteiger partial charge in [-0.05, 0) is 13.3 Å². The first kappa shape index (κ1) is 12.9. The fourth-order valence-corrected chi connectivity index (χ4v) is 1.09. The maximum absolute atomic E-state index is 11.6. The van der Waals surface area contributed by atoms with Crippen LogP contribution in [0.1, 0.15) is 33.1 Å². The molecule has 0 radical (unpaired) electrons. The molecule has 0 heterocycles. The highest BCUT2D eigenvalue weighted by Gasteiger charge is 2.13. The predicted molar refractivity (Wildman–Crippen MR) is 57.0 cm³/mol. The Labute approximate surface area is 85.8 Å². The molecule has 80 valence electrons. The van der Waals surface area contributed by atoms with Crippen LogP contribution in [0, 0.1) is 0 Å². The Hall–Kier alpha value is -1.12. The molecule has 0 aromatic carbocycles. The summed E-state index contributed by atoms with van der Waals surface area (Å²) in [6.45, 7) is 3.45. The molecule has 0 bridgehead atoms. The Bertz CT molecular complexity index is 242. The summed E-state index contributed by atoms with van der Waals surface area (Å²) in [5.74, 6) is -0.201. The molecular weight excluding hydrogens is 178 g/mol. The minimum atomic E-state index is -0.153. The van der Waals surface area contributed by atoms with E-state index in [0.717, 1.165) is 12.8 Å². The van der Waals surface area contributed by atoms with Gasteiger partial charge in [0.05, 0.1) is 5.57 Å². The van der Waals surface area contributed by atoms with Gasteiger partial charge in [-0.25, -0.2) is 0 Å². The Morgan fingerprint density at radius 3 is 2.21 bits per heavy atom. The van der Waals surface area contributed by atoms with E-state index in [1.165, 1.54) is 6.92 Å². The number of unbranched alkanes of at least 4 members (excludes halogenated alkanes) is 1. The largest absolute Gasteiger partial charge is 0.383 e. The van der Waals surface area contributed by atoms with Gasteiger partial charge in [0.1, 0.15) is 0 Å². The zero-order chi connectivity index (χ0) is 11.1. The number of carbonyl (C=O) groups excluding carboxylic acids is 2. The van der Waals surface area contributed by atoms with Crippen LogP contribution in [-0.4, -0.2) is 30.6 Å². The molecule has 0 atom stereocenters. The molecule has 0 aliphatic rings. The highest BCUT2D eigenvalue weighted by molar-refractivity contribution is 6.19. The first-order valence-corrected chi connectivity index (χ1v) is 4.91. The topological polar surface area (TPSA) is 37.4 Å². The van der Waals surface area contributed by atoms with E-state index in [0.29, 0.717) is 12.0 Å². The van der Waals surface area contributed by atoms with E-state index in [1.807, 2.05) is 6.92 Å². The van der Waals surface area contributed by atoms with Gasteiger partial charge in [0.2, 0.25) is 0 Å². The van der Waals surface area contributed by atoms with Crippen LogP contribution in [0.15, 0.2) is 11.8 Å². The highest BCUT2D eigenvalue weighted by Crippen LogP contribution is 2.06. The van der Waals surface area contributed by atoms with Crippen LogP contribution in [0.4, 0.5) is 0 Å². The lowest BCUT2D eigenvalue weighted by atomic mass is 10.0. The zero-order valence-corrected chi connectivity index (χ0v) is 9.46. The van der Waals surface area contributed by atoms with Crippen molar-refractivity contribution in [3.8, 4) is 0 Å². The second-order valence-electron chi connectivity index (χ2n) is 3.59. The summed E-state index contributed by atoms with van der Waals surface area (Å²) < 4.78 is 0. The van der Waals surface area contributed by atoms with Gasteiger partial charge in [0.15, 0.2) is 11.6 Å². The number of hydrogen-bond donors (Lipinski definition) is 0. The monoisotopic (exact) mass is 197 g/mol. The molecule has 0 fully saturated rings. The van der Waals surface area contributed by atoms with Crippen molar-refractivity contribution in [3.05, 3.63) is 11.8 Å². The molecule has 14 heavy (non-hydrogen) atoms. The van der Waals surface area contributed by atoms with Gasteiger partial charge >= 0.3 is 0 Å². The van der Waals surface area contributed by atoms with Crippen molar-refractivity contribution >= 4 is 11.6 Å². The van der Waals surface area contributed by atoms with Gasteiger partial charge in [0, 0.05) is 26.7 Å². The van der Waals surface area contributed by atoms with E-state index >= 15 is 0 Å². The summed E-state index contributed by atoms with van der Waals surface area (Å²) >= 11 is 0. The van der Waals surface area contributed by atoms with Crippen LogP contribution in [-0.2, 0) is 9.59 Å². The number of ketones is 2. The molecule has 0 N–H and O–H groups in total. The molecule has 3 nitrogen and oxygen atoms in total. The van der Waals surface area contributed by atoms with Crippen molar-refractivity contribution in [2.24, 2.45) is 0 Å². The van der Waals surface area contributed by atoms with Crippen LogP contribution in [0.3, 0.4) is 0 Å². The standard InChI is InChI=1S/C11H19NO2/c1-5-6-7-11(14)10(9(2)13)8-12(3)4/h8H,5-7H2,1-4H3. The van der Waals surface area contributed by atoms with Gasteiger partial charge in [-0.15, -0.1) is 0 Å². The molecule has 0 aromatic rings. The summed E-state index contributed by atoms with van der Waals surface area (Å²) in [6.07, 6.45) is 3.88. The Morgan fingerprint density at radius 1 is 1.29 bits per heavy atom. The molecule has 0 aromatic heterocycles. The lowest BCUT2D eigenvalue weighted by Crippen LogP contribution is -2.14. The fraction of sp³-hybridized carbons (Fsp3) is 0.636. The maximum Gasteiger partial charge on any atom is 0.167 e. The van der Waals surface area contributed by atoms with Gasteiger partial charge in [-0.3, -0.25) is 9.59 Å². The van der Waals surface area contributed by atoms with Crippen molar-refractivity contribution in [2.75, 3.05) is 14.1 Å². The first-order valence-electron chi connectivity index (χ1n) is 4.91. The summed E-state index contributed by atoms with van der Waals surface area (Å²) in [5.41, 5.74) is 0.309. The third kappa shape index (κ3) is 4.80. The minimum Gasteiger partial charge on any atom is -0.383 e. The van der Waals surface area contributed by atoms with Crippen molar-refractivity contribution in [1.82, 2.24) is 4.90 Å². The molecule has 3 heteroatoms. The predicted octanol–water partition coefficient (Wildman–Crippen LogP) is 1.78. The van der Waals surface area contributed by atoms with E-state index < -0.39 is 0 Å². The zero-order valence-electron chi connectivity index (χ0n) is 9.46. The Morgan fingerprint density at radius 2 is 1.86 bits per heavy atom. The average Bonchev–Trinajstić information content (AvgIpc) is 2.09. The molecule has 0 aliphatic heterocycles. The molecule has 0 aliphatic carbocycles. The molecular formula is C11H19NO2. The van der Waals surface area contributed by atoms with Crippen molar-refractivity contribution < 1.29 is 9.59 Å². The summed E-state index contributed by atoms with van der Waals surface area (Å²) in [4.78, 5) is 24.5. The Kier molecular flexibility index (Phi) is 5.84. The molecule has 0 rings (SSSR count). The van der Waals surface area contributed by atoms with E-state index in [1.54, 1.807) is 25.2 Å². The third-order valence-electron chi connectivity index (χ3n) is 1.82. The number of Topliss-reactive ketones (excluding diaryl/α,β-unsaturated/α-hetero) is 2. The Balaban J connectivity index is 4.51. The number of hydrogen-bond acceptors (Lipinski definition) is 3. The molecule has 0 spiro atoms. The van der Waals surface area contributed by atoms with E-state index in [2.05, 4.69) is 0 Å². The lowest BCUT2D eigenvalue weighted by Gasteiger charge is -2.08. The number of rotatable bonds is 6. The van der Waals surface area contributed by atoms with E-state index in [-0.39, 0.29) is 11.6 Å². The highest BCUT2D eigenvalue weighted by atomic mass is 16.1. The van der Waals surface area contributed by atoms with Gasteiger partial charge in [0.25, 0.3) is 0 Å². The summed E-state index contributed by atoms with van der Waals surface area (Å²) in [7, 11) is 3.60. The SMILES string of the molecule is CCCCC(=O)C(=CN(C)C)C(C)=O. The van der Waals surface area contributed by atoms with Crippen molar-refractivity contribution in [1.29, 1.82) is 0 Å². The van der Waals surface area contributed by atoms with Crippen molar-refractivity contribution in [3.63, 3.8) is 0 Å². The minimum absolute atomic E-state index is 0.0481. The second-order valence-corrected chi connectivity index (χ2v) is 3.59. The van der Waals surface area contributed by atoms with Gasteiger partial charge in [-0.2, -0.15) is 0 Å². The maximum atomic E-state index is 11.6. The molecule has 0 saturated heterocycles. The summed E-state index contributed by atoms with van der Waals surface area (Å²) in [5, 5.41) is 0. The van der Waals surface area contributed by atoms with Crippen LogP contribution >= 0.6 is 0 Å².